The average Bonchev–Trinajstić information content (AvgIpc) is 2.28. The van der Waals surface area contributed by atoms with E-state index in [4.69, 9.17) is 9.47 Å². The summed E-state index contributed by atoms with van der Waals surface area (Å²) in [5.74, 6) is 0.595. The van der Waals surface area contributed by atoms with E-state index >= 15 is 0 Å². The van der Waals surface area contributed by atoms with E-state index in [-0.39, 0.29) is 12.4 Å². The van der Waals surface area contributed by atoms with Crippen molar-refractivity contribution in [3.63, 3.8) is 0 Å². The van der Waals surface area contributed by atoms with Gasteiger partial charge in [0.25, 0.3) is 0 Å². The molecule has 0 atom stereocenters. The van der Waals surface area contributed by atoms with Crippen LogP contribution >= 0.6 is 0 Å². The first-order valence-corrected chi connectivity index (χ1v) is 5.26. The fourth-order valence-corrected chi connectivity index (χ4v) is 1.80. The Bertz CT molecular complexity index is 401. The Morgan fingerprint density at radius 1 is 1.31 bits per heavy atom. The topological polar surface area (TPSA) is 38.7 Å². The molecule has 0 amide bonds. The van der Waals surface area contributed by atoms with Crippen molar-refractivity contribution in [2.45, 2.75) is 19.3 Å². The minimum atomic E-state index is -0.684. The fourth-order valence-electron chi connectivity index (χ4n) is 1.80. The molecule has 2 rings (SSSR count). The second-order valence-corrected chi connectivity index (χ2v) is 4.49. The summed E-state index contributed by atoms with van der Waals surface area (Å²) in [5, 5.41) is 9.31. The lowest BCUT2D eigenvalue weighted by Gasteiger charge is -2.29. The van der Waals surface area contributed by atoms with Gasteiger partial charge >= 0.3 is 0 Å². The number of aliphatic hydroxyl groups excluding tert-OH is 1. The maximum absolute atomic E-state index is 13.8. The normalized spacial score (nSPS) is 15.0. The molecule has 1 aromatic rings. The Morgan fingerprint density at radius 2 is 2.00 bits per heavy atom. The van der Waals surface area contributed by atoms with Crippen molar-refractivity contribution in [1.29, 1.82) is 0 Å². The second-order valence-electron chi connectivity index (χ2n) is 4.49. The number of hydrogen-bond acceptors (Lipinski definition) is 3. The van der Waals surface area contributed by atoms with Gasteiger partial charge in [-0.15, -0.1) is 0 Å². The van der Waals surface area contributed by atoms with Gasteiger partial charge in [0.15, 0.2) is 11.5 Å². The molecular weight excluding hydrogens is 211 g/mol. The van der Waals surface area contributed by atoms with Gasteiger partial charge in [-0.05, 0) is 12.1 Å². The average molecular weight is 226 g/mol. The molecule has 1 N–H and O–H groups in total. The molecule has 1 aliphatic heterocycles. The Labute approximate surface area is 93.8 Å². The first kappa shape index (κ1) is 11.2. The highest BCUT2D eigenvalue weighted by atomic mass is 19.1. The molecule has 0 aromatic heterocycles. The van der Waals surface area contributed by atoms with Gasteiger partial charge in [0.2, 0.25) is 0 Å². The largest absolute Gasteiger partial charge is 0.486 e. The third kappa shape index (κ3) is 1.73. The molecule has 0 spiro atoms. The van der Waals surface area contributed by atoms with Crippen LogP contribution < -0.4 is 9.47 Å². The molecule has 0 aliphatic carbocycles. The molecule has 0 radical (unpaired) electrons. The summed E-state index contributed by atoms with van der Waals surface area (Å²) < 4.78 is 24.6. The smallest absolute Gasteiger partial charge is 0.168 e. The molecule has 0 saturated heterocycles. The van der Waals surface area contributed by atoms with Crippen molar-refractivity contribution in [1.82, 2.24) is 0 Å². The van der Waals surface area contributed by atoms with Gasteiger partial charge in [-0.25, -0.2) is 4.39 Å². The summed E-state index contributed by atoms with van der Waals surface area (Å²) in [7, 11) is 0. The van der Waals surface area contributed by atoms with Crippen LogP contribution in [0.3, 0.4) is 0 Å². The zero-order chi connectivity index (χ0) is 11.8. The second kappa shape index (κ2) is 3.94. The zero-order valence-electron chi connectivity index (χ0n) is 9.42. The predicted octanol–water partition coefficient (Wildman–Crippen LogP) is 1.87. The molecular formula is C12H15FO3. The quantitative estimate of drug-likeness (QED) is 0.836. The van der Waals surface area contributed by atoms with Crippen LogP contribution in [-0.2, 0) is 5.41 Å². The van der Waals surface area contributed by atoms with Crippen LogP contribution in [0.5, 0.6) is 11.5 Å². The van der Waals surface area contributed by atoms with Crippen molar-refractivity contribution in [2.24, 2.45) is 0 Å². The Hall–Kier alpha value is -1.29. The molecule has 0 fully saturated rings. The summed E-state index contributed by atoms with van der Waals surface area (Å²) in [6.45, 7) is 4.26. The van der Waals surface area contributed by atoms with Gasteiger partial charge in [-0.1, -0.05) is 13.8 Å². The lowest BCUT2D eigenvalue weighted by atomic mass is 9.84. The summed E-state index contributed by atoms with van der Waals surface area (Å²) in [6, 6.07) is 2.90. The summed E-state index contributed by atoms with van der Waals surface area (Å²) >= 11 is 0. The molecule has 1 aromatic carbocycles. The van der Waals surface area contributed by atoms with Crippen molar-refractivity contribution in [2.75, 3.05) is 19.8 Å². The van der Waals surface area contributed by atoms with E-state index < -0.39 is 5.41 Å². The van der Waals surface area contributed by atoms with Crippen molar-refractivity contribution >= 4 is 0 Å². The first-order chi connectivity index (χ1) is 7.56. The monoisotopic (exact) mass is 226 g/mol. The first-order valence-electron chi connectivity index (χ1n) is 5.26. The Kier molecular flexibility index (Phi) is 2.76. The third-order valence-electron chi connectivity index (χ3n) is 2.73. The molecule has 0 saturated carbocycles. The maximum Gasteiger partial charge on any atom is 0.168 e. The molecule has 88 valence electrons. The van der Waals surface area contributed by atoms with Crippen molar-refractivity contribution in [3.05, 3.63) is 23.5 Å². The molecule has 3 nitrogen and oxygen atoms in total. The standard InChI is InChI=1S/C12H15FO3/c1-12(2,7-14)10-8(13)3-4-9-11(10)16-6-5-15-9/h3-4,14H,5-7H2,1-2H3. The highest BCUT2D eigenvalue weighted by molar-refractivity contribution is 5.51. The van der Waals surface area contributed by atoms with Crippen molar-refractivity contribution in [3.8, 4) is 11.5 Å². The predicted molar refractivity (Wildman–Crippen MR) is 57.5 cm³/mol. The number of rotatable bonds is 2. The SMILES string of the molecule is CC(C)(CO)c1c(F)ccc2c1OCCO2. The van der Waals surface area contributed by atoms with E-state index in [0.717, 1.165) is 0 Å². The van der Waals surface area contributed by atoms with E-state index in [1.165, 1.54) is 6.07 Å². The van der Waals surface area contributed by atoms with Crippen LogP contribution in [0.1, 0.15) is 19.4 Å². The summed E-state index contributed by atoms with van der Waals surface area (Å²) in [6.07, 6.45) is 0. The molecule has 1 aliphatic rings. The third-order valence-corrected chi connectivity index (χ3v) is 2.73. The Morgan fingerprint density at radius 3 is 2.69 bits per heavy atom. The minimum Gasteiger partial charge on any atom is -0.486 e. The number of aliphatic hydroxyl groups is 1. The number of benzene rings is 1. The summed E-state index contributed by atoms with van der Waals surface area (Å²) in [4.78, 5) is 0. The van der Waals surface area contributed by atoms with Gasteiger partial charge in [-0.3, -0.25) is 0 Å². The lowest BCUT2D eigenvalue weighted by Crippen LogP contribution is -2.27. The highest BCUT2D eigenvalue weighted by Gasteiger charge is 2.31. The van der Waals surface area contributed by atoms with Crippen LogP contribution in [0.15, 0.2) is 12.1 Å². The van der Waals surface area contributed by atoms with Crippen LogP contribution in [0.2, 0.25) is 0 Å². The van der Waals surface area contributed by atoms with Gasteiger partial charge in [0.05, 0.1) is 6.61 Å². The number of halogens is 1. The summed E-state index contributed by atoms with van der Waals surface area (Å²) in [5.41, 5.74) is -0.303. The number of hydrogen-bond donors (Lipinski definition) is 1. The minimum absolute atomic E-state index is 0.149. The highest BCUT2D eigenvalue weighted by Crippen LogP contribution is 2.41. The Balaban J connectivity index is 2.58. The van der Waals surface area contributed by atoms with E-state index in [1.807, 2.05) is 0 Å². The van der Waals surface area contributed by atoms with Gasteiger partial charge < -0.3 is 14.6 Å². The van der Waals surface area contributed by atoms with Crippen LogP contribution in [0, 0.1) is 5.82 Å². The number of fused-ring (bicyclic) bond motifs is 1. The van der Waals surface area contributed by atoms with E-state index in [9.17, 15) is 9.50 Å². The van der Waals surface area contributed by atoms with E-state index in [1.54, 1.807) is 19.9 Å². The van der Waals surface area contributed by atoms with Crippen LogP contribution in [-0.4, -0.2) is 24.9 Å². The lowest BCUT2D eigenvalue weighted by molar-refractivity contribution is 0.159. The van der Waals surface area contributed by atoms with Gasteiger partial charge in [0, 0.05) is 11.0 Å². The molecule has 0 bridgehead atoms. The van der Waals surface area contributed by atoms with Crippen molar-refractivity contribution < 1.29 is 19.0 Å². The van der Waals surface area contributed by atoms with E-state index in [0.29, 0.717) is 30.3 Å². The molecule has 0 unspecified atom stereocenters. The zero-order valence-corrected chi connectivity index (χ0v) is 9.42. The van der Waals surface area contributed by atoms with Crippen LogP contribution in [0.4, 0.5) is 4.39 Å². The molecule has 16 heavy (non-hydrogen) atoms. The van der Waals surface area contributed by atoms with Crippen LogP contribution in [0.25, 0.3) is 0 Å². The van der Waals surface area contributed by atoms with Gasteiger partial charge in [-0.2, -0.15) is 0 Å². The fraction of sp³-hybridized carbons (Fsp3) is 0.500. The van der Waals surface area contributed by atoms with Gasteiger partial charge in [0.1, 0.15) is 19.0 Å². The molecule has 4 heteroatoms. The maximum atomic E-state index is 13.8. The molecule has 1 heterocycles. The van der Waals surface area contributed by atoms with E-state index in [2.05, 4.69) is 0 Å². The number of ether oxygens (including phenoxy) is 2.